The molecule has 0 saturated carbocycles. The van der Waals surface area contributed by atoms with Gasteiger partial charge in [-0.05, 0) is 18.2 Å². The number of rotatable bonds is 2. The van der Waals surface area contributed by atoms with Gasteiger partial charge in [-0.2, -0.15) is 0 Å². The van der Waals surface area contributed by atoms with Crippen LogP contribution in [0.3, 0.4) is 0 Å². The van der Waals surface area contributed by atoms with Crippen LogP contribution < -0.4 is 10.5 Å². The lowest BCUT2D eigenvalue weighted by molar-refractivity contribution is 0.912. The van der Waals surface area contributed by atoms with Gasteiger partial charge in [0.15, 0.2) is 0 Å². The molecule has 3 aromatic rings. The fourth-order valence-corrected chi connectivity index (χ4v) is 3.07. The van der Waals surface area contributed by atoms with Crippen LogP contribution in [-0.2, 0) is 6.42 Å². The number of nitrogens with zero attached hydrogens (tertiary/aromatic N) is 4. The summed E-state index contributed by atoms with van der Waals surface area (Å²) < 4.78 is 1.60. The van der Waals surface area contributed by atoms with Crippen LogP contribution in [0.2, 0.25) is 0 Å². The van der Waals surface area contributed by atoms with Crippen LogP contribution in [0, 0.1) is 0 Å². The van der Waals surface area contributed by atoms with Gasteiger partial charge in [-0.3, -0.25) is 14.3 Å². The second kappa shape index (κ2) is 5.05. The summed E-state index contributed by atoms with van der Waals surface area (Å²) in [5.74, 6) is 0. The number of anilines is 1. The van der Waals surface area contributed by atoms with Gasteiger partial charge in [0.1, 0.15) is 6.33 Å². The topological polar surface area (TPSA) is 51.0 Å². The molecule has 0 spiro atoms. The Morgan fingerprint density at radius 2 is 1.87 bits per heavy atom. The standard InChI is InChI=1S/C18H16N4O/c1-21(2)15-8-9-19-14-10-13-17(16(14)15)20-11-22(18(13)23)12-6-4-3-5-7-12/h3-9,11H,10H2,1-2H3. The summed E-state index contributed by atoms with van der Waals surface area (Å²) in [5, 5.41) is 0. The van der Waals surface area contributed by atoms with E-state index in [1.165, 1.54) is 0 Å². The molecule has 0 bridgehead atoms. The third kappa shape index (κ3) is 2.04. The first-order chi connectivity index (χ1) is 11.2. The Bertz CT molecular complexity index is 945. The van der Waals surface area contributed by atoms with E-state index in [0.29, 0.717) is 12.0 Å². The maximum absolute atomic E-state index is 12.9. The minimum Gasteiger partial charge on any atom is -0.377 e. The van der Waals surface area contributed by atoms with Crippen LogP contribution >= 0.6 is 0 Å². The summed E-state index contributed by atoms with van der Waals surface area (Å²) in [7, 11) is 3.97. The zero-order valence-corrected chi connectivity index (χ0v) is 13.0. The van der Waals surface area contributed by atoms with Crippen molar-refractivity contribution in [1.29, 1.82) is 0 Å². The van der Waals surface area contributed by atoms with Crippen LogP contribution in [0.25, 0.3) is 16.9 Å². The molecule has 0 unspecified atom stereocenters. The summed E-state index contributed by atoms with van der Waals surface area (Å²) >= 11 is 0. The van der Waals surface area contributed by atoms with E-state index in [4.69, 9.17) is 0 Å². The maximum Gasteiger partial charge on any atom is 0.262 e. The zero-order valence-electron chi connectivity index (χ0n) is 13.0. The number of aromatic nitrogens is 3. The Morgan fingerprint density at radius 3 is 2.61 bits per heavy atom. The minimum absolute atomic E-state index is 0.0242. The monoisotopic (exact) mass is 304 g/mol. The highest BCUT2D eigenvalue weighted by atomic mass is 16.1. The van der Waals surface area contributed by atoms with Crippen molar-refractivity contribution in [3.05, 3.63) is 70.5 Å². The molecule has 0 radical (unpaired) electrons. The van der Waals surface area contributed by atoms with Crippen molar-refractivity contribution < 1.29 is 0 Å². The van der Waals surface area contributed by atoms with Crippen LogP contribution in [0.15, 0.2) is 53.7 Å². The van der Waals surface area contributed by atoms with Crippen molar-refractivity contribution in [2.24, 2.45) is 0 Å². The van der Waals surface area contributed by atoms with E-state index < -0.39 is 0 Å². The Hall–Kier alpha value is -2.95. The highest BCUT2D eigenvalue weighted by molar-refractivity contribution is 5.83. The molecule has 0 fully saturated rings. The highest BCUT2D eigenvalue weighted by Gasteiger charge is 2.28. The van der Waals surface area contributed by atoms with Crippen molar-refractivity contribution in [2.75, 3.05) is 19.0 Å². The molecular weight excluding hydrogens is 288 g/mol. The van der Waals surface area contributed by atoms with E-state index in [1.54, 1.807) is 17.1 Å². The van der Waals surface area contributed by atoms with Crippen molar-refractivity contribution in [3.8, 4) is 16.9 Å². The van der Waals surface area contributed by atoms with Gasteiger partial charge in [0.05, 0.1) is 22.6 Å². The highest BCUT2D eigenvalue weighted by Crippen LogP contribution is 2.38. The van der Waals surface area contributed by atoms with Gasteiger partial charge in [-0.1, -0.05) is 18.2 Å². The average molecular weight is 304 g/mol. The average Bonchev–Trinajstić information content (AvgIpc) is 2.95. The Balaban J connectivity index is 1.93. The molecule has 23 heavy (non-hydrogen) atoms. The van der Waals surface area contributed by atoms with Crippen molar-refractivity contribution >= 4 is 5.69 Å². The van der Waals surface area contributed by atoms with Crippen molar-refractivity contribution in [2.45, 2.75) is 6.42 Å². The molecule has 0 aliphatic heterocycles. The molecule has 1 aliphatic carbocycles. The van der Waals surface area contributed by atoms with Gasteiger partial charge in [-0.25, -0.2) is 4.98 Å². The molecule has 5 heteroatoms. The first-order valence-electron chi connectivity index (χ1n) is 7.48. The predicted molar refractivity (Wildman–Crippen MR) is 90.2 cm³/mol. The first-order valence-corrected chi connectivity index (χ1v) is 7.48. The lowest BCUT2D eigenvalue weighted by atomic mass is 10.1. The summed E-state index contributed by atoms with van der Waals surface area (Å²) in [4.78, 5) is 23.9. The summed E-state index contributed by atoms with van der Waals surface area (Å²) in [5.41, 5.74) is 5.21. The summed E-state index contributed by atoms with van der Waals surface area (Å²) in [6, 6.07) is 11.5. The smallest absolute Gasteiger partial charge is 0.262 e. The number of pyridine rings is 1. The molecule has 1 aliphatic rings. The van der Waals surface area contributed by atoms with Crippen LogP contribution in [0.5, 0.6) is 0 Å². The number of benzene rings is 1. The quantitative estimate of drug-likeness (QED) is 0.570. The molecule has 114 valence electrons. The number of para-hydroxylation sites is 1. The number of hydrogen-bond donors (Lipinski definition) is 0. The van der Waals surface area contributed by atoms with Gasteiger partial charge in [-0.15, -0.1) is 0 Å². The molecule has 0 N–H and O–H groups in total. The van der Waals surface area contributed by atoms with E-state index in [0.717, 1.165) is 28.3 Å². The predicted octanol–water partition coefficient (Wildman–Crippen LogP) is 2.26. The number of fused-ring (bicyclic) bond motifs is 3. The molecule has 1 aromatic carbocycles. The summed E-state index contributed by atoms with van der Waals surface area (Å²) in [6.45, 7) is 0. The van der Waals surface area contributed by atoms with Crippen LogP contribution in [0.4, 0.5) is 5.69 Å². The van der Waals surface area contributed by atoms with E-state index in [-0.39, 0.29) is 5.56 Å². The van der Waals surface area contributed by atoms with Crippen molar-refractivity contribution in [3.63, 3.8) is 0 Å². The molecular formula is C18H16N4O. The van der Waals surface area contributed by atoms with E-state index in [9.17, 15) is 4.79 Å². The third-order valence-corrected chi connectivity index (χ3v) is 4.17. The van der Waals surface area contributed by atoms with Gasteiger partial charge in [0.2, 0.25) is 0 Å². The van der Waals surface area contributed by atoms with Gasteiger partial charge >= 0.3 is 0 Å². The van der Waals surface area contributed by atoms with E-state index >= 15 is 0 Å². The zero-order chi connectivity index (χ0) is 16.0. The molecule has 0 atom stereocenters. The normalized spacial score (nSPS) is 11.9. The molecule has 2 heterocycles. The second-order valence-corrected chi connectivity index (χ2v) is 5.81. The van der Waals surface area contributed by atoms with Crippen LogP contribution in [0.1, 0.15) is 11.3 Å². The fraction of sp³-hybridized carbons (Fsp3) is 0.167. The Morgan fingerprint density at radius 1 is 1.09 bits per heavy atom. The summed E-state index contributed by atoms with van der Waals surface area (Å²) in [6.07, 6.45) is 3.93. The van der Waals surface area contributed by atoms with Crippen molar-refractivity contribution in [1.82, 2.24) is 14.5 Å². The van der Waals surface area contributed by atoms with Crippen LogP contribution in [-0.4, -0.2) is 28.6 Å². The lowest BCUT2D eigenvalue weighted by Crippen LogP contribution is -2.22. The fourth-order valence-electron chi connectivity index (χ4n) is 3.07. The Labute approximate surface area is 133 Å². The molecule has 5 nitrogen and oxygen atoms in total. The minimum atomic E-state index is -0.0242. The Kier molecular flexibility index (Phi) is 3.01. The SMILES string of the molecule is CN(C)c1ccnc2c1-c1ncn(-c3ccccc3)c(=O)c1C2. The lowest BCUT2D eigenvalue weighted by Gasteiger charge is -2.16. The van der Waals surface area contributed by atoms with E-state index in [2.05, 4.69) is 9.97 Å². The molecule has 0 saturated heterocycles. The van der Waals surface area contributed by atoms with E-state index in [1.807, 2.05) is 55.4 Å². The second-order valence-electron chi connectivity index (χ2n) is 5.81. The number of hydrogen-bond acceptors (Lipinski definition) is 4. The maximum atomic E-state index is 12.9. The van der Waals surface area contributed by atoms with Gasteiger partial charge < -0.3 is 4.90 Å². The van der Waals surface area contributed by atoms with Gasteiger partial charge in [0.25, 0.3) is 5.56 Å². The largest absolute Gasteiger partial charge is 0.377 e. The van der Waals surface area contributed by atoms with Gasteiger partial charge in [0, 0.05) is 38.0 Å². The first kappa shape index (κ1) is 13.7. The molecule has 4 rings (SSSR count). The molecule has 0 amide bonds. The third-order valence-electron chi connectivity index (χ3n) is 4.17. The molecule has 2 aromatic heterocycles.